The summed E-state index contributed by atoms with van der Waals surface area (Å²) in [5.74, 6) is -3.95. The van der Waals surface area contributed by atoms with Crippen LogP contribution in [0.4, 0.5) is 18.8 Å². The van der Waals surface area contributed by atoms with E-state index >= 15 is 0 Å². The maximum absolute atomic E-state index is 13.0. The van der Waals surface area contributed by atoms with E-state index in [1.165, 1.54) is 39.0 Å². The number of benzene rings is 7. The Morgan fingerprint density at radius 2 is 0.736 bits per heavy atom. The number of aliphatic carboxylic acids is 1. The van der Waals surface area contributed by atoms with Gasteiger partial charge in [0.2, 0.25) is 0 Å². The number of ether oxygens (including phenoxy) is 6. The minimum atomic E-state index is -1.08. The number of aliphatic hydroxyl groups excluding tert-OH is 1. The average molecular weight is 2070 g/mol. The van der Waals surface area contributed by atoms with Crippen molar-refractivity contribution in [2.24, 2.45) is 23.7 Å². The third-order valence-electron chi connectivity index (χ3n) is 18.0. The Hall–Kier alpha value is -8.32. The number of hydrogen-bond donors (Lipinski definition) is 8. The summed E-state index contributed by atoms with van der Waals surface area (Å²) in [6, 6.07) is 43.4. The van der Waals surface area contributed by atoms with Crippen molar-refractivity contribution in [1.29, 1.82) is 0 Å². The molecule has 26 nitrogen and oxygen atoms in total. The van der Waals surface area contributed by atoms with E-state index in [9.17, 15) is 65.8 Å². The minimum Gasteiger partial charge on any atom is -1.00 e. The van der Waals surface area contributed by atoms with Crippen LogP contribution < -0.4 is 56.3 Å². The van der Waals surface area contributed by atoms with E-state index in [2.05, 4.69) is 87.6 Å². The van der Waals surface area contributed by atoms with Crippen LogP contribution >= 0.6 is 47.9 Å². The Morgan fingerprint density at radius 1 is 0.457 bits per heavy atom. The standard InChI is InChI=1S/C24H30BNO6S.C20H31NO5S.C20H31NO4S.C10H19NO4.C10H14OS.C10H12OS.C7H5FO.C3H8S.B.Na.H/c1-14(2)22(24(28)31-12-17-6-9-19(10-7-17)33(30)15(3)4)26-23(27)20-11-8-18-13-32-25(29)21(18)16(20)5;1-13(2)17(21-19(23)26-20(5,6)7)18(22)25-12-15-8-10-16(11-9-15)27(24)14(3)4;1-13(2)17(21-19(23)25-20(5,6)7)18(22)24-12-15-8-10-16(11-9-15)26-14(3)4;1-6(2)7(8(12)13)11-9(14)15-10(3,4)5;2*1-8(2)12-10-5-3-9(7-11)4-6-10;8-7-3-1-6(5-9)2-4-7;1-3(2)4;;;/h6-11,14-15,22,29H,12-13H2,1-5H3,(H,26,27);8-11,13-14,17H,12H2,1-7H3,(H,21,23);8-11,13-14,17H,12H2,1-7H3,(H,21,23);6-7H,1-5H3,(H,11,14)(H,12,13);3-6,8,11H,7H2,1-2H3;3-8H,1-2H3;1-5H;3-4H,1-2H3;;;/q;;;;;;;;;+1;-1/t22-,33?;17-,27?;17-;7-;;;;;;;/m0000......./s1. The number of rotatable bonds is 32. The van der Waals surface area contributed by atoms with E-state index in [0.29, 0.717) is 56.0 Å². The number of aliphatic hydroxyl groups is 1. The van der Waals surface area contributed by atoms with Crippen LogP contribution in [0.1, 0.15) is 267 Å². The van der Waals surface area contributed by atoms with Crippen LogP contribution in [-0.4, -0.2) is 172 Å². The van der Waals surface area contributed by atoms with E-state index in [0.717, 1.165) is 49.5 Å². The number of aldehydes is 2. The maximum Gasteiger partial charge on any atom is 1.00 e. The first-order valence-corrected chi connectivity index (χ1v) is 51.4. The van der Waals surface area contributed by atoms with Crippen LogP contribution in [0.25, 0.3) is 0 Å². The van der Waals surface area contributed by atoms with Gasteiger partial charge in [-0.1, -0.05) is 205 Å². The fraction of sp³-hybridized carbons (Fsp3) is 0.500. The molecule has 7 aromatic carbocycles. The zero-order valence-electron chi connectivity index (χ0n) is 88.4. The second kappa shape index (κ2) is 68.1. The van der Waals surface area contributed by atoms with Gasteiger partial charge < -0.3 is 71.0 Å². The molecule has 1 aliphatic rings. The summed E-state index contributed by atoms with van der Waals surface area (Å²) in [5.41, 5.74) is 5.25. The molecule has 1 heterocycles. The molecule has 4 amide bonds. The Bertz CT molecular complexity index is 4930. The van der Waals surface area contributed by atoms with Crippen molar-refractivity contribution in [2.45, 2.75) is 338 Å². The third-order valence-corrected chi connectivity index (χ3v) is 24.2. The third kappa shape index (κ3) is 57.2. The Labute approximate surface area is 880 Å². The topological polar surface area (TPSA) is 378 Å². The molecule has 0 aromatic heterocycles. The first-order chi connectivity index (χ1) is 64.1. The van der Waals surface area contributed by atoms with Crippen molar-refractivity contribution >= 4 is 151 Å². The number of carbonyl (C=O) groups excluding carboxylic acids is 9. The number of amides is 4. The summed E-state index contributed by atoms with van der Waals surface area (Å²) < 4.78 is 73.1. The molecule has 140 heavy (non-hydrogen) atoms. The molecular weight excluding hydrogens is 1910 g/mol. The number of halogens is 1. The van der Waals surface area contributed by atoms with E-state index < -0.39 is 118 Å². The number of esters is 3. The zero-order chi connectivity index (χ0) is 105. The maximum atomic E-state index is 13.0. The molecule has 0 aliphatic carbocycles. The number of carboxylic acids is 1. The van der Waals surface area contributed by atoms with Crippen LogP contribution in [0.3, 0.4) is 0 Å². The molecule has 0 bridgehead atoms. The Kier molecular flexibility index (Phi) is 65.0. The van der Waals surface area contributed by atoms with Crippen molar-refractivity contribution < 1.29 is 140 Å². The van der Waals surface area contributed by atoms with Crippen LogP contribution in [-0.2, 0) is 107 Å². The van der Waals surface area contributed by atoms with Crippen molar-refractivity contribution in [3.05, 3.63) is 214 Å². The summed E-state index contributed by atoms with van der Waals surface area (Å²) in [6.45, 7) is 57.2. The molecule has 0 saturated heterocycles. The second-order valence-electron chi connectivity index (χ2n) is 37.8. The number of nitrogens with one attached hydrogen (secondary N) is 4. The van der Waals surface area contributed by atoms with Crippen LogP contribution in [0, 0.1) is 36.4 Å². The van der Waals surface area contributed by atoms with Gasteiger partial charge in [-0.3, -0.25) is 22.8 Å². The van der Waals surface area contributed by atoms with Gasteiger partial charge >= 0.3 is 78.8 Å². The molecule has 0 spiro atoms. The molecule has 6 atom stereocenters. The number of carbonyl (C=O) groups is 10. The smallest absolute Gasteiger partial charge is 1.00 e. The molecule has 8 rings (SSSR count). The number of thioether (sulfide) groups is 3. The summed E-state index contributed by atoms with van der Waals surface area (Å²) in [7, 11) is -3.18. The molecular formula is C104H151B2FN4NaO22S6. The van der Waals surface area contributed by atoms with Gasteiger partial charge in [-0.15, -0.1) is 35.3 Å². The predicted molar refractivity (Wildman–Crippen MR) is 563 cm³/mol. The van der Waals surface area contributed by atoms with Crippen molar-refractivity contribution in [3.8, 4) is 0 Å². The van der Waals surface area contributed by atoms with Crippen LogP contribution in [0.2, 0.25) is 0 Å². The molecule has 769 valence electrons. The van der Waals surface area contributed by atoms with Crippen molar-refractivity contribution in [3.63, 3.8) is 0 Å². The van der Waals surface area contributed by atoms with E-state index in [1.807, 2.05) is 156 Å². The SMILES string of the molecule is CC(C)S.CC(C)Sc1ccc(C=O)cc1.CC(C)Sc1ccc(CO)cc1.CC(C)Sc1ccc(COC(=O)[C@@H](NC(=O)OC(C)(C)C)C(C)C)cc1.CC(C)[C@H](NC(=O)OC(C)(C)C)C(=O)O.CC(C)[C@H](NC(=O)OC(C)(C)C)C(=O)OCc1ccc(S(=O)C(C)C)cc1.Cc1c(C(=O)N[C@H](C(=O)OCc2ccc(S(=O)C(C)C)cc2)C(C)C)ccc2c1B(O)OC2.O=Cc1ccc(F)cc1.[B].[H-].[Na+]. The minimum absolute atomic E-state index is 0. The molecule has 7 N–H and O–H groups in total. The molecule has 3 radical (unpaired) electrons. The summed E-state index contributed by atoms with van der Waals surface area (Å²) in [5, 5.41) is 40.2. The number of thiol groups is 1. The van der Waals surface area contributed by atoms with Gasteiger partial charge in [0.05, 0.1) is 34.8 Å². The van der Waals surface area contributed by atoms with E-state index in [4.69, 9.17) is 43.3 Å². The second-order valence-corrected chi connectivity index (χ2v) is 47.8. The number of hydrogen-bond acceptors (Lipinski definition) is 25. The number of fused-ring (bicyclic) bond motifs is 1. The van der Waals surface area contributed by atoms with Gasteiger partial charge in [0.25, 0.3) is 5.91 Å². The van der Waals surface area contributed by atoms with Gasteiger partial charge in [0.1, 0.15) is 79.2 Å². The molecule has 1 aliphatic heterocycles. The quantitative estimate of drug-likeness (QED) is 0.00485. The van der Waals surface area contributed by atoms with Gasteiger partial charge in [0, 0.05) is 75.8 Å². The van der Waals surface area contributed by atoms with Crippen molar-refractivity contribution in [1.82, 2.24) is 21.3 Å². The fourth-order valence-corrected chi connectivity index (χ4v) is 15.7. The Morgan fingerprint density at radius 3 is 1.01 bits per heavy atom. The first kappa shape index (κ1) is 134. The van der Waals surface area contributed by atoms with Crippen LogP contribution in [0.15, 0.2) is 182 Å². The Balaban J connectivity index is -0.00000162. The first-order valence-electron chi connectivity index (χ1n) is 45.8. The van der Waals surface area contributed by atoms with Crippen LogP contribution in [0.5, 0.6) is 0 Å². The monoisotopic (exact) mass is 2060 g/mol. The van der Waals surface area contributed by atoms with Gasteiger partial charge in [-0.05, 0) is 228 Å². The summed E-state index contributed by atoms with van der Waals surface area (Å²) >= 11 is 9.39. The van der Waals surface area contributed by atoms with E-state index in [-0.39, 0.29) is 106 Å². The molecule has 0 fully saturated rings. The van der Waals surface area contributed by atoms with Gasteiger partial charge in [0.15, 0.2) is 0 Å². The van der Waals surface area contributed by atoms with Gasteiger partial charge in [-0.25, -0.2) is 38.0 Å². The summed E-state index contributed by atoms with van der Waals surface area (Å²) in [6.07, 6.45) is -0.436. The number of carboxylic acid groups (broad SMARTS) is 1. The molecule has 2 unspecified atom stereocenters. The zero-order valence-corrected chi connectivity index (χ0v) is 94.4. The number of alkyl carbamates (subject to hydrolysis) is 3. The molecule has 7 aromatic rings. The van der Waals surface area contributed by atoms with Gasteiger partial charge in [-0.2, -0.15) is 12.6 Å². The van der Waals surface area contributed by atoms with E-state index in [1.54, 1.807) is 167 Å². The molecule has 36 heteroatoms. The average Bonchev–Trinajstić information content (AvgIpc) is 1.66. The largest absolute Gasteiger partial charge is 1.00 e. The molecule has 0 saturated carbocycles. The predicted octanol–water partition coefficient (Wildman–Crippen LogP) is 17.8. The summed E-state index contributed by atoms with van der Waals surface area (Å²) in [4.78, 5) is 122. The normalized spacial score (nSPS) is 12.6. The fourth-order valence-electron chi connectivity index (χ4n) is 11.3. The van der Waals surface area contributed by atoms with Crippen molar-refractivity contribution in [2.75, 3.05) is 0 Å².